The van der Waals surface area contributed by atoms with E-state index < -0.39 is 5.97 Å². The Morgan fingerprint density at radius 2 is 2.12 bits per heavy atom. The van der Waals surface area contributed by atoms with Crippen molar-refractivity contribution < 1.29 is 19.4 Å². The van der Waals surface area contributed by atoms with Crippen molar-refractivity contribution in [1.82, 2.24) is 0 Å². The zero-order valence-corrected chi connectivity index (χ0v) is 10.4. The maximum Gasteiger partial charge on any atom is 0.303 e. The summed E-state index contributed by atoms with van der Waals surface area (Å²) in [5.74, 6) is 0.469. The molecule has 1 N–H and O–H groups in total. The monoisotopic (exact) mass is 238 g/mol. The predicted molar refractivity (Wildman–Crippen MR) is 64.7 cm³/mol. The van der Waals surface area contributed by atoms with Crippen LogP contribution in [-0.2, 0) is 11.2 Å². The van der Waals surface area contributed by atoms with Crippen LogP contribution in [0.1, 0.15) is 25.8 Å². The Morgan fingerprint density at radius 1 is 1.41 bits per heavy atom. The Kier molecular flexibility index (Phi) is 4.82. The van der Waals surface area contributed by atoms with Crippen molar-refractivity contribution in [2.24, 2.45) is 0 Å². The van der Waals surface area contributed by atoms with Gasteiger partial charge in [-0.3, -0.25) is 4.79 Å². The number of carboxylic acids is 1. The molecule has 0 fully saturated rings. The van der Waals surface area contributed by atoms with Gasteiger partial charge in [-0.1, -0.05) is 12.1 Å². The quantitative estimate of drug-likeness (QED) is 0.827. The number of aliphatic carboxylic acids is 1. The van der Waals surface area contributed by atoms with E-state index in [0.29, 0.717) is 17.9 Å². The molecule has 0 heterocycles. The van der Waals surface area contributed by atoms with E-state index in [0.717, 1.165) is 5.56 Å². The van der Waals surface area contributed by atoms with Gasteiger partial charge in [0.1, 0.15) is 0 Å². The zero-order chi connectivity index (χ0) is 12.8. The number of aryl methyl sites for hydroxylation is 1. The number of hydrogen-bond donors (Lipinski definition) is 1. The number of benzene rings is 1. The second-order valence-electron chi connectivity index (χ2n) is 4.01. The topological polar surface area (TPSA) is 55.8 Å². The van der Waals surface area contributed by atoms with E-state index in [-0.39, 0.29) is 12.5 Å². The van der Waals surface area contributed by atoms with E-state index in [4.69, 9.17) is 14.6 Å². The summed E-state index contributed by atoms with van der Waals surface area (Å²) in [6.45, 7) is 3.85. The fraction of sp³-hybridized carbons (Fsp3) is 0.462. The highest BCUT2D eigenvalue weighted by Crippen LogP contribution is 2.32. The number of carbonyl (C=O) groups is 1. The number of hydrogen-bond acceptors (Lipinski definition) is 3. The molecule has 0 spiro atoms. The molecule has 4 nitrogen and oxygen atoms in total. The Balaban J connectivity index is 2.96. The molecule has 0 saturated heterocycles. The highest BCUT2D eigenvalue weighted by Gasteiger charge is 2.12. The Hall–Kier alpha value is -1.71. The van der Waals surface area contributed by atoms with E-state index in [1.807, 2.05) is 32.0 Å². The van der Waals surface area contributed by atoms with Crippen LogP contribution in [0.3, 0.4) is 0 Å². The molecule has 4 heteroatoms. The van der Waals surface area contributed by atoms with Gasteiger partial charge >= 0.3 is 5.97 Å². The fourth-order valence-corrected chi connectivity index (χ4v) is 1.53. The summed E-state index contributed by atoms with van der Waals surface area (Å²) >= 11 is 0. The van der Waals surface area contributed by atoms with Gasteiger partial charge in [0, 0.05) is 6.42 Å². The Bertz CT molecular complexity index is 385. The van der Waals surface area contributed by atoms with Gasteiger partial charge in [-0.25, -0.2) is 0 Å². The zero-order valence-electron chi connectivity index (χ0n) is 10.4. The predicted octanol–water partition coefficient (Wildman–Crippen LogP) is 2.50. The van der Waals surface area contributed by atoms with Gasteiger partial charge < -0.3 is 14.6 Å². The van der Waals surface area contributed by atoms with Gasteiger partial charge in [0.2, 0.25) is 0 Å². The van der Waals surface area contributed by atoms with Crippen molar-refractivity contribution in [3.05, 3.63) is 23.8 Å². The average molecular weight is 238 g/mol. The molecule has 0 aliphatic carbocycles. The van der Waals surface area contributed by atoms with Crippen LogP contribution >= 0.6 is 0 Å². The highest BCUT2D eigenvalue weighted by molar-refractivity contribution is 5.67. The third kappa shape index (κ3) is 3.98. The maximum absolute atomic E-state index is 10.6. The van der Waals surface area contributed by atoms with Crippen LogP contribution < -0.4 is 9.47 Å². The molecule has 0 aliphatic rings. The number of rotatable bonds is 6. The van der Waals surface area contributed by atoms with E-state index in [2.05, 4.69) is 0 Å². The lowest BCUT2D eigenvalue weighted by Gasteiger charge is -2.17. The standard InChI is InChI=1S/C13H18O4/c1-9(2)17-13-10(7-8-12(14)15)5-4-6-11(13)16-3/h4-6,9H,7-8H2,1-3H3,(H,14,15). The molecular formula is C13H18O4. The lowest BCUT2D eigenvalue weighted by Crippen LogP contribution is -2.09. The molecule has 0 amide bonds. The molecule has 1 aromatic carbocycles. The minimum atomic E-state index is -0.816. The molecule has 0 unspecified atom stereocenters. The molecule has 0 bridgehead atoms. The van der Waals surface area contributed by atoms with Crippen LogP contribution in [0.15, 0.2) is 18.2 Å². The highest BCUT2D eigenvalue weighted by atomic mass is 16.5. The van der Waals surface area contributed by atoms with Crippen molar-refractivity contribution in [3.8, 4) is 11.5 Å². The van der Waals surface area contributed by atoms with Crippen molar-refractivity contribution in [2.45, 2.75) is 32.8 Å². The van der Waals surface area contributed by atoms with Gasteiger partial charge in [-0.2, -0.15) is 0 Å². The van der Waals surface area contributed by atoms with Gasteiger partial charge in [0.25, 0.3) is 0 Å². The van der Waals surface area contributed by atoms with Gasteiger partial charge in [0.05, 0.1) is 13.2 Å². The summed E-state index contributed by atoms with van der Waals surface area (Å²) in [6, 6.07) is 5.51. The van der Waals surface area contributed by atoms with Crippen LogP contribution in [0.5, 0.6) is 11.5 Å². The van der Waals surface area contributed by atoms with Gasteiger partial charge in [-0.15, -0.1) is 0 Å². The molecule has 0 aliphatic heterocycles. The molecular weight excluding hydrogens is 220 g/mol. The van der Waals surface area contributed by atoms with E-state index in [9.17, 15) is 4.79 Å². The van der Waals surface area contributed by atoms with Gasteiger partial charge in [0.15, 0.2) is 11.5 Å². The number of ether oxygens (including phenoxy) is 2. The van der Waals surface area contributed by atoms with Crippen molar-refractivity contribution >= 4 is 5.97 Å². The third-order valence-corrected chi connectivity index (χ3v) is 2.24. The minimum absolute atomic E-state index is 0.0230. The molecule has 1 aromatic rings. The first-order valence-electron chi connectivity index (χ1n) is 5.59. The first-order chi connectivity index (χ1) is 8.04. The molecule has 17 heavy (non-hydrogen) atoms. The van der Waals surface area contributed by atoms with Crippen LogP contribution in [0, 0.1) is 0 Å². The fourth-order valence-electron chi connectivity index (χ4n) is 1.53. The molecule has 0 atom stereocenters. The van der Waals surface area contributed by atoms with Crippen LogP contribution in [0.4, 0.5) is 0 Å². The average Bonchev–Trinajstić information content (AvgIpc) is 2.26. The molecule has 0 aromatic heterocycles. The smallest absolute Gasteiger partial charge is 0.303 e. The summed E-state index contributed by atoms with van der Waals surface area (Å²) < 4.78 is 10.9. The summed E-state index contributed by atoms with van der Waals surface area (Å²) in [6.07, 6.45) is 0.547. The van der Waals surface area contributed by atoms with Crippen molar-refractivity contribution in [2.75, 3.05) is 7.11 Å². The summed E-state index contributed by atoms with van der Waals surface area (Å²) in [5.41, 5.74) is 0.862. The van der Waals surface area contributed by atoms with E-state index in [1.54, 1.807) is 7.11 Å². The second-order valence-corrected chi connectivity index (χ2v) is 4.01. The number of methoxy groups -OCH3 is 1. The summed E-state index contributed by atoms with van der Waals surface area (Å²) in [7, 11) is 1.57. The largest absolute Gasteiger partial charge is 0.493 e. The number of para-hydroxylation sites is 1. The molecule has 0 saturated carbocycles. The van der Waals surface area contributed by atoms with E-state index in [1.165, 1.54) is 0 Å². The first-order valence-corrected chi connectivity index (χ1v) is 5.59. The third-order valence-electron chi connectivity index (χ3n) is 2.24. The van der Waals surface area contributed by atoms with Crippen LogP contribution in [0.25, 0.3) is 0 Å². The minimum Gasteiger partial charge on any atom is -0.493 e. The van der Waals surface area contributed by atoms with Crippen LogP contribution in [0.2, 0.25) is 0 Å². The number of carboxylic acid groups (broad SMARTS) is 1. The van der Waals surface area contributed by atoms with Crippen molar-refractivity contribution in [1.29, 1.82) is 0 Å². The van der Waals surface area contributed by atoms with Crippen LogP contribution in [-0.4, -0.2) is 24.3 Å². The Labute approximate surface area is 101 Å². The Morgan fingerprint density at radius 3 is 2.65 bits per heavy atom. The normalized spacial score (nSPS) is 10.4. The lowest BCUT2D eigenvalue weighted by molar-refractivity contribution is -0.136. The summed E-state index contributed by atoms with van der Waals surface area (Å²) in [4.78, 5) is 10.6. The van der Waals surface area contributed by atoms with Gasteiger partial charge in [-0.05, 0) is 31.9 Å². The molecule has 1 rings (SSSR count). The van der Waals surface area contributed by atoms with Crippen molar-refractivity contribution in [3.63, 3.8) is 0 Å². The van der Waals surface area contributed by atoms with E-state index >= 15 is 0 Å². The SMILES string of the molecule is COc1cccc(CCC(=O)O)c1OC(C)C. The summed E-state index contributed by atoms with van der Waals surface area (Å²) in [5, 5.41) is 8.70. The first kappa shape index (κ1) is 13.4. The molecule has 0 radical (unpaired) electrons. The lowest BCUT2D eigenvalue weighted by atomic mass is 10.1. The second kappa shape index (κ2) is 6.13. The molecule has 94 valence electrons. The maximum atomic E-state index is 10.6.